The minimum absolute atomic E-state index is 0.147. The first-order chi connectivity index (χ1) is 8.48. The summed E-state index contributed by atoms with van der Waals surface area (Å²) in [5.74, 6) is 0. The topological polar surface area (TPSA) is 54.5 Å². The summed E-state index contributed by atoms with van der Waals surface area (Å²) < 4.78 is 1.92. The van der Waals surface area contributed by atoms with E-state index >= 15 is 0 Å². The summed E-state index contributed by atoms with van der Waals surface area (Å²) in [6, 6.07) is 2.15. The van der Waals surface area contributed by atoms with Crippen LogP contribution in [0.3, 0.4) is 0 Å². The number of aromatic nitrogens is 3. The molecule has 0 amide bonds. The van der Waals surface area contributed by atoms with Gasteiger partial charge >= 0.3 is 0 Å². The van der Waals surface area contributed by atoms with Gasteiger partial charge in [0.25, 0.3) is 0 Å². The number of hydrogen-bond donors (Lipinski definition) is 0. The Balaban J connectivity index is 2.73. The molecule has 4 heteroatoms. The smallest absolute Gasteiger partial charge is 0.185 e. The van der Waals surface area contributed by atoms with E-state index in [1.54, 1.807) is 0 Å². The third-order valence-corrected chi connectivity index (χ3v) is 2.86. The number of nitriles is 1. The number of hydrogen-bond acceptors (Lipinski definition) is 3. The molecule has 0 atom stereocenters. The fourth-order valence-electron chi connectivity index (χ4n) is 1.96. The van der Waals surface area contributed by atoms with Crippen LogP contribution in [-0.2, 0) is 13.0 Å². The third-order valence-electron chi connectivity index (χ3n) is 2.86. The zero-order valence-electron chi connectivity index (χ0n) is 12.0. The molecule has 0 aromatic carbocycles. The molecule has 4 nitrogen and oxygen atoms in total. The van der Waals surface area contributed by atoms with Crippen LogP contribution in [-0.4, -0.2) is 15.0 Å². The SMILES string of the molecule is CCCCCCn1nnc(C#N)c1CC(C)(C)C. The summed E-state index contributed by atoms with van der Waals surface area (Å²) >= 11 is 0. The summed E-state index contributed by atoms with van der Waals surface area (Å²) in [6.45, 7) is 9.59. The number of unbranched alkanes of at least 4 members (excludes halogenated alkanes) is 3. The highest BCUT2D eigenvalue weighted by molar-refractivity contribution is 5.25. The van der Waals surface area contributed by atoms with Gasteiger partial charge in [-0.3, -0.25) is 0 Å². The van der Waals surface area contributed by atoms with E-state index in [0.717, 1.165) is 25.1 Å². The van der Waals surface area contributed by atoms with E-state index in [2.05, 4.69) is 44.1 Å². The van der Waals surface area contributed by atoms with Gasteiger partial charge in [-0.05, 0) is 18.3 Å². The molecule has 1 heterocycles. The molecule has 1 aromatic heterocycles. The van der Waals surface area contributed by atoms with Crippen LogP contribution in [0.2, 0.25) is 0 Å². The Kier molecular flexibility index (Phi) is 5.33. The highest BCUT2D eigenvalue weighted by atomic mass is 15.4. The van der Waals surface area contributed by atoms with Gasteiger partial charge in [0, 0.05) is 6.54 Å². The average Bonchev–Trinajstić information content (AvgIpc) is 2.65. The van der Waals surface area contributed by atoms with Crippen molar-refractivity contribution >= 4 is 0 Å². The zero-order chi connectivity index (χ0) is 13.6. The van der Waals surface area contributed by atoms with Crippen molar-refractivity contribution in [3.63, 3.8) is 0 Å². The van der Waals surface area contributed by atoms with Crippen LogP contribution in [0, 0.1) is 16.7 Å². The van der Waals surface area contributed by atoms with Crippen molar-refractivity contribution in [3.8, 4) is 6.07 Å². The molecule has 0 aliphatic rings. The number of nitrogens with zero attached hydrogens (tertiary/aromatic N) is 4. The normalized spacial score (nSPS) is 11.5. The fourth-order valence-corrected chi connectivity index (χ4v) is 1.96. The van der Waals surface area contributed by atoms with Gasteiger partial charge in [0.2, 0.25) is 0 Å². The summed E-state index contributed by atoms with van der Waals surface area (Å²) in [4.78, 5) is 0. The lowest BCUT2D eigenvalue weighted by Gasteiger charge is -2.18. The first kappa shape index (κ1) is 14.7. The van der Waals surface area contributed by atoms with Crippen LogP contribution in [0.1, 0.15) is 64.8 Å². The van der Waals surface area contributed by atoms with Crippen LogP contribution in [0.4, 0.5) is 0 Å². The minimum Gasteiger partial charge on any atom is -0.248 e. The summed E-state index contributed by atoms with van der Waals surface area (Å²) in [7, 11) is 0. The number of aryl methyl sites for hydroxylation is 1. The fraction of sp³-hybridized carbons (Fsp3) is 0.786. The Hall–Kier alpha value is -1.37. The van der Waals surface area contributed by atoms with Crippen LogP contribution in [0.25, 0.3) is 0 Å². The average molecular weight is 248 g/mol. The van der Waals surface area contributed by atoms with Gasteiger partial charge in [-0.2, -0.15) is 5.26 Å². The maximum atomic E-state index is 9.07. The highest BCUT2D eigenvalue weighted by Crippen LogP contribution is 2.22. The van der Waals surface area contributed by atoms with E-state index < -0.39 is 0 Å². The first-order valence-electron chi connectivity index (χ1n) is 6.80. The lowest BCUT2D eigenvalue weighted by molar-refractivity contribution is 0.388. The predicted molar refractivity (Wildman–Crippen MR) is 72.0 cm³/mol. The Morgan fingerprint density at radius 2 is 1.94 bits per heavy atom. The Morgan fingerprint density at radius 1 is 1.22 bits per heavy atom. The van der Waals surface area contributed by atoms with Gasteiger partial charge in [0.05, 0.1) is 5.69 Å². The second-order valence-electron chi connectivity index (χ2n) is 6.02. The summed E-state index contributed by atoms with van der Waals surface area (Å²) in [5.41, 5.74) is 1.62. The van der Waals surface area contributed by atoms with Gasteiger partial charge in [-0.25, -0.2) is 4.68 Å². The molecule has 18 heavy (non-hydrogen) atoms. The van der Waals surface area contributed by atoms with E-state index in [9.17, 15) is 0 Å². The molecule has 0 unspecified atom stereocenters. The van der Waals surface area contributed by atoms with Crippen LogP contribution in [0.15, 0.2) is 0 Å². The monoisotopic (exact) mass is 248 g/mol. The predicted octanol–water partition coefficient (Wildman–Crippen LogP) is 3.32. The van der Waals surface area contributed by atoms with Crippen molar-refractivity contribution in [3.05, 3.63) is 11.4 Å². The van der Waals surface area contributed by atoms with Crippen LogP contribution < -0.4 is 0 Å². The molecule has 0 N–H and O–H groups in total. The van der Waals surface area contributed by atoms with Crippen molar-refractivity contribution in [2.75, 3.05) is 0 Å². The second kappa shape index (κ2) is 6.53. The van der Waals surface area contributed by atoms with E-state index in [-0.39, 0.29) is 5.41 Å². The molecule has 0 spiro atoms. The minimum atomic E-state index is 0.147. The van der Waals surface area contributed by atoms with Gasteiger partial charge in [-0.1, -0.05) is 52.2 Å². The molecule has 0 fully saturated rings. The standard InChI is InChI=1S/C14H24N4/c1-5-6-7-8-9-18-13(10-14(2,3)4)12(11-15)16-17-18/h5-10H2,1-4H3. The summed E-state index contributed by atoms with van der Waals surface area (Å²) in [6.07, 6.45) is 5.66. The molecule has 0 saturated heterocycles. The molecule has 100 valence electrons. The Morgan fingerprint density at radius 3 is 2.50 bits per heavy atom. The summed E-state index contributed by atoms with van der Waals surface area (Å²) in [5, 5.41) is 17.2. The lowest BCUT2D eigenvalue weighted by atomic mass is 9.90. The van der Waals surface area contributed by atoms with Gasteiger partial charge < -0.3 is 0 Å². The van der Waals surface area contributed by atoms with Crippen molar-refractivity contribution < 1.29 is 0 Å². The highest BCUT2D eigenvalue weighted by Gasteiger charge is 2.19. The van der Waals surface area contributed by atoms with Crippen LogP contribution >= 0.6 is 0 Å². The third kappa shape index (κ3) is 4.48. The van der Waals surface area contributed by atoms with E-state index in [0.29, 0.717) is 5.69 Å². The molecule has 1 rings (SSSR count). The Labute approximate surface area is 110 Å². The molecular weight excluding hydrogens is 224 g/mol. The van der Waals surface area contributed by atoms with Crippen molar-refractivity contribution in [1.29, 1.82) is 5.26 Å². The van der Waals surface area contributed by atoms with Gasteiger partial charge in [-0.15, -0.1) is 5.10 Å². The second-order valence-corrected chi connectivity index (χ2v) is 6.02. The van der Waals surface area contributed by atoms with Gasteiger partial charge in [0.15, 0.2) is 5.69 Å². The Bertz CT molecular complexity index is 406. The molecule has 0 aliphatic carbocycles. The molecule has 0 bridgehead atoms. The quantitative estimate of drug-likeness (QED) is 0.726. The molecule has 0 saturated carbocycles. The van der Waals surface area contributed by atoms with Crippen LogP contribution in [0.5, 0.6) is 0 Å². The molecular formula is C14H24N4. The molecule has 1 aromatic rings. The maximum absolute atomic E-state index is 9.07. The van der Waals surface area contributed by atoms with Gasteiger partial charge in [0.1, 0.15) is 6.07 Å². The zero-order valence-corrected chi connectivity index (χ0v) is 12.0. The van der Waals surface area contributed by atoms with E-state index in [1.807, 2.05) is 4.68 Å². The lowest BCUT2D eigenvalue weighted by Crippen LogP contribution is -2.15. The largest absolute Gasteiger partial charge is 0.248 e. The van der Waals surface area contributed by atoms with E-state index in [4.69, 9.17) is 5.26 Å². The van der Waals surface area contributed by atoms with Crippen molar-refractivity contribution in [2.45, 2.75) is 66.3 Å². The van der Waals surface area contributed by atoms with Crippen molar-refractivity contribution in [1.82, 2.24) is 15.0 Å². The van der Waals surface area contributed by atoms with E-state index in [1.165, 1.54) is 19.3 Å². The molecule has 0 aliphatic heterocycles. The maximum Gasteiger partial charge on any atom is 0.185 e. The molecule has 0 radical (unpaired) electrons. The van der Waals surface area contributed by atoms with Crippen molar-refractivity contribution in [2.24, 2.45) is 5.41 Å². The first-order valence-corrected chi connectivity index (χ1v) is 6.80. The number of rotatable bonds is 6.